The van der Waals surface area contributed by atoms with Crippen LogP contribution in [0.15, 0.2) is 30.6 Å². The molecule has 6 heteroatoms. The first-order chi connectivity index (χ1) is 7.68. The quantitative estimate of drug-likeness (QED) is 0.697. The molecule has 1 aromatic carbocycles. The molecule has 0 atom stereocenters. The molecule has 16 heavy (non-hydrogen) atoms. The number of H-pyrrole nitrogens is 1. The van der Waals surface area contributed by atoms with Crippen LogP contribution in [0.3, 0.4) is 0 Å². The Balaban J connectivity index is 2.24. The first kappa shape index (κ1) is 10.5. The number of nitrogens with two attached hydrogens (primary N) is 1. The van der Waals surface area contributed by atoms with Gasteiger partial charge in [0, 0.05) is 6.20 Å². The molecule has 0 aliphatic rings. The van der Waals surface area contributed by atoms with Crippen LogP contribution in [0.4, 0.5) is 11.4 Å². The van der Waals surface area contributed by atoms with Crippen molar-refractivity contribution in [1.82, 2.24) is 10.2 Å². The predicted molar refractivity (Wildman–Crippen MR) is 62.4 cm³/mol. The summed E-state index contributed by atoms with van der Waals surface area (Å²) in [4.78, 5) is 11.8. The zero-order valence-electron chi connectivity index (χ0n) is 8.20. The van der Waals surface area contributed by atoms with E-state index in [1.807, 2.05) is 0 Å². The predicted octanol–water partition coefficient (Wildman–Crippen LogP) is 1.90. The van der Waals surface area contributed by atoms with Gasteiger partial charge in [0.05, 0.1) is 28.2 Å². The Labute approximate surface area is 96.6 Å². The molecule has 2 rings (SSSR count). The Hall–Kier alpha value is -2.01. The lowest BCUT2D eigenvalue weighted by Gasteiger charge is -2.06. The highest BCUT2D eigenvalue weighted by molar-refractivity contribution is 6.34. The number of carbonyl (C=O) groups excluding carboxylic acids is 1. The van der Waals surface area contributed by atoms with Gasteiger partial charge in [0.15, 0.2) is 0 Å². The highest BCUT2D eigenvalue weighted by Gasteiger charge is 2.11. The summed E-state index contributed by atoms with van der Waals surface area (Å²) in [6.07, 6.45) is 3.07. The van der Waals surface area contributed by atoms with Gasteiger partial charge in [-0.05, 0) is 12.1 Å². The zero-order chi connectivity index (χ0) is 11.5. The van der Waals surface area contributed by atoms with E-state index in [0.717, 1.165) is 0 Å². The maximum atomic E-state index is 11.8. The van der Waals surface area contributed by atoms with E-state index in [1.54, 1.807) is 24.4 Å². The van der Waals surface area contributed by atoms with Crippen LogP contribution in [0.5, 0.6) is 0 Å². The third-order valence-corrected chi connectivity index (χ3v) is 2.38. The molecule has 0 aliphatic heterocycles. The Morgan fingerprint density at radius 1 is 1.50 bits per heavy atom. The van der Waals surface area contributed by atoms with E-state index in [2.05, 4.69) is 15.5 Å². The van der Waals surface area contributed by atoms with Crippen molar-refractivity contribution < 1.29 is 4.79 Å². The monoisotopic (exact) mass is 236 g/mol. The van der Waals surface area contributed by atoms with Crippen molar-refractivity contribution in [3.63, 3.8) is 0 Å². The van der Waals surface area contributed by atoms with Crippen LogP contribution < -0.4 is 11.1 Å². The van der Waals surface area contributed by atoms with Gasteiger partial charge in [0.25, 0.3) is 5.91 Å². The number of aromatic nitrogens is 2. The van der Waals surface area contributed by atoms with Gasteiger partial charge >= 0.3 is 0 Å². The molecule has 4 N–H and O–H groups in total. The maximum absolute atomic E-state index is 11.8. The first-order valence-electron chi connectivity index (χ1n) is 4.52. The van der Waals surface area contributed by atoms with Gasteiger partial charge < -0.3 is 11.1 Å². The Morgan fingerprint density at radius 2 is 2.31 bits per heavy atom. The fourth-order valence-electron chi connectivity index (χ4n) is 1.25. The summed E-state index contributed by atoms with van der Waals surface area (Å²) in [6, 6.07) is 4.91. The second-order valence-corrected chi connectivity index (χ2v) is 3.55. The van der Waals surface area contributed by atoms with E-state index in [4.69, 9.17) is 17.3 Å². The van der Waals surface area contributed by atoms with Gasteiger partial charge in [0.2, 0.25) is 0 Å². The third kappa shape index (κ3) is 1.99. The summed E-state index contributed by atoms with van der Waals surface area (Å²) in [7, 11) is 0. The number of nitrogens with zero attached hydrogens (tertiary/aromatic N) is 1. The van der Waals surface area contributed by atoms with Crippen LogP contribution >= 0.6 is 11.6 Å². The summed E-state index contributed by atoms with van der Waals surface area (Å²) in [5.41, 5.74) is 6.88. The van der Waals surface area contributed by atoms with Gasteiger partial charge in [-0.15, -0.1) is 0 Å². The van der Waals surface area contributed by atoms with Crippen LogP contribution in [0.25, 0.3) is 0 Å². The van der Waals surface area contributed by atoms with Crippen LogP contribution in [-0.4, -0.2) is 16.1 Å². The van der Waals surface area contributed by atoms with E-state index >= 15 is 0 Å². The normalized spacial score (nSPS) is 10.1. The number of hydrogen-bond donors (Lipinski definition) is 3. The lowest BCUT2D eigenvalue weighted by atomic mass is 10.1. The molecule has 0 bridgehead atoms. The standard InChI is InChI=1S/C10H9ClN4O/c11-8-3-1-2-7(9(8)12)10(16)15-6-4-13-14-5-6/h1-5H,12H2,(H,13,14)(H,15,16). The number of rotatable bonds is 2. The van der Waals surface area contributed by atoms with Crippen LogP contribution in [0.2, 0.25) is 5.02 Å². The van der Waals surface area contributed by atoms with Crippen molar-refractivity contribution in [2.24, 2.45) is 0 Å². The van der Waals surface area contributed by atoms with Crippen molar-refractivity contribution in [2.75, 3.05) is 11.1 Å². The van der Waals surface area contributed by atoms with Crippen molar-refractivity contribution in [2.45, 2.75) is 0 Å². The van der Waals surface area contributed by atoms with Crippen molar-refractivity contribution in [3.8, 4) is 0 Å². The summed E-state index contributed by atoms with van der Waals surface area (Å²) >= 11 is 5.82. The largest absolute Gasteiger partial charge is 0.397 e. The number of nitrogens with one attached hydrogen (secondary N) is 2. The fraction of sp³-hybridized carbons (Fsp3) is 0. The van der Waals surface area contributed by atoms with Crippen molar-refractivity contribution >= 4 is 28.9 Å². The number of anilines is 2. The number of halogens is 1. The minimum absolute atomic E-state index is 0.269. The molecule has 82 valence electrons. The van der Waals surface area contributed by atoms with E-state index in [1.165, 1.54) is 6.20 Å². The number of benzene rings is 1. The lowest BCUT2D eigenvalue weighted by molar-refractivity contribution is 0.102. The summed E-state index contributed by atoms with van der Waals surface area (Å²) in [6.45, 7) is 0. The molecule has 1 aromatic heterocycles. The number of hydrogen-bond acceptors (Lipinski definition) is 3. The van der Waals surface area contributed by atoms with Gasteiger partial charge in [-0.25, -0.2) is 0 Å². The molecule has 1 heterocycles. The minimum Gasteiger partial charge on any atom is -0.397 e. The molecule has 0 radical (unpaired) electrons. The Morgan fingerprint density at radius 3 is 3.00 bits per heavy atom. The molecule has 0 saturated heterocycles. The van der Waals surface area contributed by atoms with Crippen LogP contribution in [-0.2, 0) is 0 Å². The molecule has 0 fully saturated rings. The maximum Gasteiger partial charge on any atom is 0.257 e. The van der Waals surface area contributed by atoms with Gasteiger partial charge in [-0.2, -0.15) is 5.10 Å². The molecule has 0 aliphatic carbocycles. The minimum atomic E-state index is -0.318. The Bertz CT molecular complexity index is 510. The SMILES string of the molecule is Nc1c(Cl)cccc1C(=O)Nc1cn[nH]c1. The average molecular weight is 237 g/mol. The van der Waals surface area contributed by atoms with E-state index < -0.39 is 0 Å². The lowest BCUT2D eigenvalue weighted by Crippen LogP contribution is -2.13. The smallest absolute Gasteiger partial charge is 0.257 e. The number of carbonyl (C=O) groups is 1. The number of nitrogen functional groups attached to an aromatic ring is 1. The van der Waals surface area contributed by atoms with Crippen LogP contribution in [0.1, 0.15) is 10.4 Å². The number of para-hydroxylation sites is 1. The van der Waals surface area contributed by atoms with E-state index in [-0.39, 0.29) is 11.6 Å². The number of amides is 1. The summed E-state index contributed by atoms with van der Waals surface area (Å²) in [5.74, 6) is -0.318. The molecule has 0 saturated carbocycles. The summed E-state index contributed by atoms with van der Waals surface area (Å²) in [5, 5.41) is 9.30. The third-order valence-electron chi connectivity index (χ3n) is 2.05. The first-order valence-corrected chi connectivity index (χ1v) is 4.90. The topological polar surface area (TPSA) is 83.8 Å². The molecular weight excluding hydrogens is 228 g/mol. The molecule has 1 amide bonds. The second kappa shape index (κ2) is 4.24. The second-order valence-electron chi connectivity index (χ2n) is 3.14. The fourth-order valence-corrected chi connectivity index (χ4v) is 1.43. The van der Waals surface area contributed by atoms with E-state index in [9.17, 15) is 4.79 Å². The zero-order valence-corrected chi connectivity index (χ0v) is 8.95. The highest BCUT2D eigenvalue weighted by atomic mass is 35.5. The van der Waals surface area contributed by atoms with Crippen molar-refractivity contribution in [3.05, 3.63) is 41.2 Å². The van der Waals surface area contributed by atoms with Crippen molar-refractivity contribution in [1.29, 1.82) is 0 Å². The highest BCUT2D eigenvalue weighted by Crippen LogP contribution is 2.23. The van der Waals surface area contributed by atoms with Gasteiger partial charge in [0.1, 0.15) is 0 Å². The molecular formula is C10H9ClN4O. The average Bonchev–Trinajstić information content (AvgIpc) is 2.74. The van der Waals surface area contributed by atoms with Gasteiger partial charge in [-0.1, -0.05) is 17.7 Å². The molecule has 2 aromatic rings. The Kier molecular flexibility index (Phi) is 2.78. The van der Waals surface area contributed by atoms with Gasteiger partial charge in [-0.3, -0.25) is 9.89 Å². The number of aromatic amines is 1. The van der Waals surface area contributed by atoms with E-state index in [0.29, 0.717) is 16.3 Å². The van der Waals surface area contributed by atoms with Crippen LogP contribution in [0, 0.1) is 0 Å². The molecule has 0 unspecified atom stereocenters. The summed E-state index contributed by atoms with van der Waals surface area (Å²) < 4.78 is 0. The molecule has 0 spiro atoms. The molecule has 5 nitrogen and oxygen atoms in total.